The van der Waals surface area contributed by atoms with E-state index in [-0.39, 0.29) is 0 Å². The van der Waals surface area contributed by atoms with E-state index in [9.17, 15) is 39.2 Å². The lowest BCUT2D eigenvalue weighted by Gasteiger charge is -2.20. The molecule has 4 nitrogen and oxygen atoms in total. The summed E-state index contributed by atoms with van der Waals surface area (Å²) in [7, 11) is -1.93. The fraction of sp³-hybridized carbons (Fsp3) is 1.00. The van der Waals surface area contributed by atoms with Crippen LogP contribution in [0.25, 0.3) is 0 Å². The zero-order valence-electron chi connectivity index (χ0n) is 10.3. The van der Waals surface area contributed by atoms with Crippen molar-refractivity contribution in [1.29, 1.82) is 0 Å². The molecule has 0 saturated carbocycles. The molecule has 0 heterocycles. The number of hydrogen-bond donors (Lipinski definition) is 2. The molecule has 12 heteroatoms. The summed E-state index contributed by atoms with van der Waals surface area (Å²) in [5.74, 6) is 0. The molecule has 0 aromatic rings. The molecule has 20 heavy (non-hydrogen) atoms. The third kappa shape index (κ3) is 7.24. The standard InChI is InChI=1S/C6H7F7O3S.C2H7N/c7-1(3(9)5(11)12)2(8)4(10)6(13)17(14,15)16;1-3-2/h1-6H,(H,14,15,16);3H,1-2H3. The summed E-state index contributed by atoms with van der Waals surface area (Å²) in [6.07, 6.45) is -19.1. The number of halogens is 7. The minimum absolute atomic E-state index is 1.88. The van der Waals surface area contributed by atoms with Gasteiger partial charge in [-0.25, -0.2) is 30.7 Å². The molecule has 0 amide bonds. The summed E-state index contributed by atoms with van der Waals surface area (Å²) in [5, 5.41) is 2.75. The van der Waals surface area contributed by atoms with Gasteiger partial charge in [-0.1, -0.05) is 0 Å². The lowest BCUT2D eigenvalue weighted by atomic mass is 10.1. The van der Waals surface area contributed by atoms with Crippen LogP contribution in [0.1, 0.15) is 0 Å². The predicted molar refractivity (Wildman–Crippen MR) is 57.0 cm³/mol. The Balaban J connectivity index is 0. The number of hydrogen-bond acceptors (Lipinski definition) is 3. The molecule has 0 fully saturated rings. The Morgan fingerprint density at radius 2 is 1.10 bits per heavy atom. The van der Waals surface area contributed by atoms with Gasteiger partial charge >= 0.3 is 10.1 Å². The molecule has 0 bridgehead atoms. The molecule has 5 atom stereocenters. The first-order valence-electron chi connectivity index (χ1n) is 4.95. The van der Waals surface area contributed by atoms with Gasteiger partial charge in [-0.15, -0.1) is 0 Å². The highest BCUT2D eigenvalue weighted by atomic mass is 32.2. The molecule has 0 aliphatic rings. The monoisotopic (exact) mass is 337 g/mol. The van der Waals surface area contributed by atoms with Crippen molar-refractivity contribution in [2.24, 2.45) is 0 Å². The van der Waals surface area contributed by atoms with Gasteiger partial charge in [-0.3, -0.25) is 4.55 Å². The third-order valence-electron chi connectivity index (χ3n) is 1.69. The lowest BCUT2D eigenvalue weighted by Crippen LogP contribution is -2.44. The smallest absolute Gasteiger partial charge is 0.300 e. The normalized spacial score (nSPS) is 19.6. The molecule has 0 aliphatic heterocycles. The molecule has 5 unspecified atom stereocenters. The molecule has 0 saturated heterocycles. The van der Waals surface area contributed by atoms with Gasteiger partial charge in [0.05, 0.1) is 0 Å². The first-order chi connectivity index (χ1) is 8.91. The summed E-state index contributed by atoms with van der Waals surface area (Å²) in [6.45, 7) is 0. The molecule has 0 spiro atoms. The SMILES string of the molecule is CNC.O=S(=O)(O)C(F)C(F)C(F)C(F)C(F)C(F)F. The maximum Gasteiger partial charge on any atom is 0.300 e. The van der Waals surface area contributed by atoms with E-state index < -0.39 is 46.7 Å². The van der Waals surface area contributed by atoms with E-state index in [1.165, 1.54) is 0 Å². The quantitative estimate of drug-likeness (QED) is 0.571. The molecule has 0 radical (unpaired) electrons. The van der Waals surface area contributed by atoms with Gasteiger partial charge < -0.3 is 5.32 Å². The Bertz CT molecular complexity index is 356. The molecule has 2 N–H and O–H groups in total. The van der Waals surface area contributed by atoms with Gasteiger partial charge in [-0.2, -0.15) is 8.42 Å². The molecule has 0 aromatic heterocycles. The van der Waals surface area contributed by atoms with Crippen LogP contribution in [0.5, 0.6) is 0 Å². The van der Waals surface area contributed by atoms with Crippen LogP contribution in [0.15, 0.2) is 0 Å². The first kappa shape index (κ1) is 21.7. The van der Waals surface area contributed by atoms with Gasteiger partial charge in [0.1, 0.15) is 0 Å². The summed E-state index contributed by atoms with van der Waals surface area (Å²) in [5.41, 5.74) is -3.89. The Morgan fingerprint density at radius 1 is 0.800 bits per heavy atom. The second-order valence-corrected chi connectivity index (χ2v) is 4.96. The highest BCUT2D eigenvalue weighted by molar-refractivity contribution is 7.86. The third-order valence-corrected chi connectivity index (χ3v) is 2.52. The van der Waals surface area contributed by atoms with Crippen LogP contribution in [0.3, 0.4) is 0 Å². The fourth-order valence-electron chi connectivity index (χ4n) is 0.799. The van der Waals surface area contributed by atoms with Gasteiger partial charge in [0.25, 0.3) is 11.9 Å². The van der Waals surface area contributed by atoms with E-state index in [0.717, 1.165) is 0 Å². The maximum atomic E-state index is 12.6. The average Bonchev–Trinajstić information content (AvgIpc) is 2.33. The van der Waals surface area contributed by atoms with Crippen LogP contribution in [0.2, 0.25) is 0 Å². The van der Waals surface area contributed by atoms with Crippen molar-refractivity contribution in [2.45, 2.75) is 36.6 Å². The van der Waals surface area contributed by atoms with E-state index in [4.69, 9.17) is 4.55 Å². The zero-order chi connectivity index (χ0) is 16.7. The highest BCUT2D eigenvalue weighted by Gasteiger charge is 2.47. The van der Waals surface area contributed by atoms with Crippen LogP contribution in [-0.2, 0) is 10.1 Å². The average molecular weight is 337 g/mol. The van der Waals surface area contributed by atoms with Crippen molar-refractivity contribution in [2.75, 3.05) is 14.1 Å². The van der Waals surface area contributed by atoms with Crippen molar-refractivity contribution >= 4 is 10.1 Å². The topological polar surface area (TPSA) is 66.4 Å². The largest absolute Gasteiger partial charge is 0.323 e. The second-order valence-electron chi connectivity index (χ2n) is 3.48. The molecule has 0 rings (SSSR count). The summed E-state index contributed by atoms with van der Waals surface area (Å²) < 4.78 is 114. The summed E-state index contributed by atoms with van der Waals surface area (Å²) in [6, 6.07) is 0. The number of nitrogens with one attached hydrogen (secondary N) is 1. The second kappa shape index (κ2) is 9.34. The van der Waals surface area contributed by atoms with E-state index in [1.54, 1.807) is 0 Å². The minimum Gasteiger partial charge on any atom is -0.323 e. The fourth-order valence-corrected chi connectivity index (χ4v) is 1.28. The Kier molecular flexibility index (Phi) is 10.1. The van der Waals surface area contributed by atoms with Gasteiger partial charge in [0.15, 0.2) is 24.7 Å². The molecule has 124 valence electrons. The van der Waals surface area contributed by atoms with Crippen LogP contribution in [0, 0.1) is 0 Å². The number of alkyl halides is 7. The summed E-state index contributed by atoms with van der Waals surface area (Å²) in [4.78, 5) is 0. The van der Waals surface area contributed by atoms with E-state index in [2.05, 4.69) is 5.32 Å². The van der Waals surface area contributed by atoms with Crippen molar-refractivity contribution in [1.82, 2.24) is 5.32 Å². The lowest BCUT2D eigenvalue weighted by molar-refractivity contribution is -0.0454. The Hall–Kier alpha value is -0.620. The Morgan fingerprint density at radius 3 is 1.35 bits per heavy atom. The Labute approximate surface area is 111 Å². The van der Waals surface area contributed by atoms with Crippen molar-refractivity contribution in [3.63, 3.8) is 0 Å². The zero-order valence-corrected chi connectivity index (χ0v) is 11.1. The minimum atomic E-state index is -5.68. The van der Waals surface area contributed by atoms with Crippen LogP contribution < -0.4 is 5.32 Å². The maximum absolute atomic E-state index is 12.6. The predicted octanol–water partition coefficient (Wildman–Crippen LogP) is 1.62. The van der Waals surface area contributed by atoms with E-state index in [0.29, 0.717) is 0 Å². The van der Waals surface area contributed by atoms with Crippen LogP contribution >= 0.6 is 0 Å². The summed E-state index contributed by atoms with van der Waals surface area (Å²) >= 11 is 0. The van der Waals surface area contributed by atoms with Gasteiger partial charge in [0.2, 0.25) is 0 Å². The van der Waals surface area contributed by atoms with Gasteiger partial charge in [-0.05, 0) is 14.1 Å². The molecular formula is C8H14F7NO3S. The highest BCUT2D eigenvalue weighted by Crippen LogP contribution is 2.25. The van der Waals surface area contributed by atoms with E-state index >= 15 is 0 Å². The molecular weight excluding hydrogens is 323 g/mol. The van der Waals surface area contributed by atoms with Crippen molar-refractivity contribution in [3.8, 4) is 0 Å². The van der Waals surface area contributed by atoms with E-state index in [1.807, 2.05) is 14.1 Å². The van der Waals surface area contributed by atoms with Crippen LogP contribution in [0.4, 0.5) is 30.7 Å². The van der Waals surface area contributed by atoms with Gasteiger partial charge in [0, 0.05) is 0 Å². The van der Waals surface area contributed by atoms with Crippen molar-refractivity contribution < 1.29 is 43.7 Å². The first-order valence-corrected chi connectivity index (χ1v) is 6.45. The van der Waals surface area contributed by atoms with Crippen molar-refractivity contribution in [3.05, 3.63) is 0 Å². The molecule has 0 aromatic carbocycles. The molecule has 0 aliphatic carbocycles. The van der Waals surface area contributed by atoms with Crippen LogP contribution in [-0.4, -0.2) is 63.7 Å². The number of rotatable bonds is 6.